The van der Waals surface area contributed by atoms with Crippen LogP contribution in [0.4, 0.5) is 5.82 Å². The largest absolute Gasteiger partial charge is 0.372 e. The number of nitrogens with zero attached hydrogens (tertiary/aromatic N) is 2. The van der Waals surface area contributed by atoms with Gasteiger partial charge in [-0.1, -0.05) is 27.2 Å². The normalized spacial score (nSPS) is 19.1. The van der Waals surface area contributed by atoms with Crippen LogP contribution in [0.1, 0.15) is 70.3 Å². The number of hydrogen-bond donors (Lipinski definition) is 1. The van der Waals surface area contributed by atoms with Crippen molar-refractivity contribution in [1.82, 2.24) is 9.97 Å². The van der Waals surface area contributed by atoms with E-state index in [1.165, 1.54) is 25.7 Å². The van der Waals surface area contributed by atoms with E-state index in [0.29, 0.717) is 11.3 Å². The molecule has 0 aromatic carbocycles. The second-order valence-corrected chi connectivity index (χ2v) is 7.42. The number of rotatable bonds is 4. The van der Waals surface area contributed by atoms with Gasteiger partial charge >= 0.3 is 0 Å². The fourth-order valence-corrected chi connectivity index (χ4v) is 3.49. The van der Waals surface area contributed by atoms with Crippen LogP contribution >= 0.6 is 15.9 Å². The number of hydrogen-bond acceptors (Lipinski definition) is 3. The molecule has 0 bridgehead atoms. The summed E-state index contributed by atoms with van der Waals surface area (Å²) in [4.78, 5) is 9.58. The summed E-state index contributed by atoms with van der Waals surface area (Å²) in [5.74, 6) is 2.50. The Kier molecular flexibility index (Phi) is 5.05. The second kappa shape index (κ2) is 6.42. The lowest BCUT2D eigenvalue weighted by atomic mass is 9.73. The molecular formula is C16H26BrN3. The summed E-state index contributed by atoms with van der Waals surface area (Å²) >= 11 is 3.63. The lowest BCUT2D eigenvalue weighted by Gasteiger charge is -2.33. The Labute approximate surface area is 131 Å². The molecule has 0 spiro atoms. The summed E-state index contributed by atoms with van der Waals surface area (Å²) in [7, 11) is 1.93. The van der Waals surface area contributed by atoms with Gasteiger partial charge in [-0.2, -0.15) is 0 Å². The van der Waals surface area contributed by atoms with Crippen LogP contribution in [0, 0.1) is 5.41 Å². The van der Waals surface area contributed by atoms with Gasteiger partial charge in [0.15, 0.2) is 0 Å². The molecule has 1 aromatic heterocycles. The van der Waals surface area contributed by atoms with E-state index < -0.39 is 0 Å². The second-order valence-electron chi connectivity index (χ2n) is 6.63. The molecule has 1 N–H and O–H groups in total. The van der Waals surface area contributed by atoms with E-state index in [1.807, 2.05) is 7.05 Å². The average molecular weight is 340 g/mol. The maximum atomic E-state index is 4.84. The van der Waals surface area contributed by atoms with E-state index >= 15 is 0 Å². The highest BCUT2D eigenvalue weighted by Crippen LogP contribution is 2.42. The van der Waals surface area contributed by atoms with Gasteiger partial charge in [-0.3, -0.25) is 0 Å². The maximum absolute atomic E-state index is 4.84. The van der Waals surface area contributed by atoms with Crippen LogP contribution in [0.3, 0.4) is 0 Å². The molecule has 1 saturated carbocycles. The Morgan fingerprint density at radius 3 is 2.45 bits per heavy atom. The van der Waals surface area contributed by atoms with Crippen LogP contribution in [0.25, 0.3) is 0 Å². The Balaban J connectivity index is 2.25. The maximum Gasteiger partial charge on any atom is 0.144 e. The number of aryl methyl sites for hydroxylation is 1. The van der Waals surface area contributed by atoms with Gasteiger partial charge in [-0.05, 0) is 53.4 Å². The highest BCUT2D eigenvalue weighted by Gasteiger charge is 2.29. The van der Waals surface area contributed by atoms with Crippen molar-refractivity contribution in [3.8, 4) is 0 Å². The van der Waals surface area contributed by atoms with Crippen LogP contribution in [0.5, 0.6) is 0 Å². The Hall–Kier alpha value is -0.640. The minimum atomic E-state index is 0.490. The fourth-order valence-electron chi connectivity index (χ4n) is 2.92. The third-order valence-corrected chi connectivity index (χ3v) is 5.20. The smallest absolute Gasteiger partial charge is 0.144 e. The van der Waals surface area contributed by atoms with Crippen LogP contribution in [0.2, 0.25) is 0 Å². The van der Waals surface area contributed by atoms with E-state index in [2.05, 4.69) is 42.0 Å². The Morgan fingerprint density at radius 2 is 1.90 bits per heavy atom. The van der Waals surface area contributed by atoms with Gasteiger partial charge in [-0.25, -0.2) is 9.97 Å². The van der Waals surface area contributed by atoms with Gasteiger partial charge in [0.1, 0.15) is 11.6 Å². The third kappa shape index (κ3) is 3.51. The Morgan fingerprint density at radius 1 is 1.25 bits per heavy atom. The van der Waals surface area contributed by atoms with Gasteiger partial charge in [0, 0.05) is 13.0 Å². The first kappa shape index (κ1) is 15.7. The highest BCUT2D eigenvalue weighted by molar-refractivity contribution is 9.10. The standard InChI is InChI=1S/C16H26BrN3/c1-5-6-12-13(17)15(18-4)20-14(19-12)11-7-9-16(2,3)10-8-11/h11H,5-10H2,1-4H3,(H,18,19,20). The number of aromatic nitrogens is 2. The SMILES string of the molecule is CCCc1nc(C2CCC(C)(C)CC2)nc(NC)c1Br. The number of halogens is 1. The molecular weight excluding hydrogens is 314 g/mol. The molecule has 112 valence electrons. The molecule has 0 radical (unpaired) electrons. The highest BCUT2D eigenvalue weighted by atomic mass is 79.9. The van der Waals surface area contributed by atoms with Crippen LogP contribution in [-0.4, -0.2) is 17.0 Å². The Bertz CT molecular complexity index is 461. The zero-order chi connectivity index (χ0) is 14.8. The topological polar surface area (TPSA) is 37.8 Å². The molecule has 0 aliphatic heterocycles. The zero-order valence-electron chi connectivity index (χ0n) is 13.1. The van der Waals surface area contributed by atoms with E-state index in [9.17, 15) is 0 Å². The first-order valence-electron chi connectivity index (χ1n) is 7.71. The summed E-state index contributed by atoms with van der Waals surface area (Å²) < 4.78 is 1.03. The van der Waals surface area contributed by atoms with Crippen molar-refractivity contribution in [2.24, 2.45) is 5.41 Å². The lowest BCUT2D eigenvalue weighted by Crippen LogP contribution is -2.22. The molecule has 20 heavy (non-hydrogen) atoms. The third-order valence-electron chi connectivity index (χ3n) is 4.37. The fraction of sp³-hybridized carbons (Fsp3) is 0.750. The van der Waals surface area contributed by atoms with Crippen molar-refractivity contribution in [3.63, 3.8) is 0 Å². The van der Waals surface area contributed by atoms with Crippen molar-refractivity contribution in [1.29, 1.82) is 0 Å². The van der Waals surface area contributed by atoms with Crippen molar-refractivity contribution in [2.75, 3.05) is 12.4 Å². The minimum Gasteiger partial charge on any atom is -0.372 e. The zero-order valence-corrected chi connectivity index (χ0v) is 14.7. The van der Waals surface area contributed by atoms with Crippen LogP contribution in [-0.2, 0) is 6.42 Å². The van der Waals surface area contributed by atoms with E-state index in [1.54, 1.807) is 0 Å². The van der Waals surface area contributed by atoms with E-state index in [4.69, 9.17) is 9.97 Å². The van der Waals surface area contributed by atoms with E-state index in [-0.39, 0.29) is 0 Å². The molecule has 2 rings (SSSR count). The molecule has 1 fully saturated rings. The van der Waals surface area contributed by atoms with Crippen LogP contribution < -0.4 is 5.32 Å². The van der Waals surface area contributed by atoms with Gasteiger partial charge < -0.3 is 5.32 Å². The molecule has 4 heteroatoms. The summed E-state index contributed by atoms with van der Waals surface area (Å²) in [5.41, 5.74) is 1.64. The summed E-state index contributed by atoms with van der Waals surface area (Å²) in [6, 6.07) is 0. The molecule has 0 unspecified atom stereocenters. The average Bonchev–Trinajstić information content (AvgIpc) is 2.41. The summed E-state index contributed by atoms with van der Waals surface area (Å²) in [5, 5.41) is 3.19. The predicted molar refractivity (Wildman–Crippen MR) is 88.3 cm³/mol. The predicted octanol–water partition coefficient (Wildman–Crippen LogP) is 4.92. The van der Waals surface area contributed by atoms with Crippen molar-refractivity contribution in [2.45, 2.75) is 65.2 Å². The van der Waals surface area contributed by atoms with E-state index in [0.717, 1.165) is 34.7 Å². The van der Waals surface area contributed by atoms with Crippen molar-refractivity contribution >= 4 is 21.7 Å². The summed E-state index contributed by atoms with van der Waals surface area (Å²) in [6.45, 7) is 6.93. The molecule has 0 atom stereocenters. The molecule has 0 saturated heterocycles. The van der Waals surface area contributed by atoms with Gasteiger partial charge in [-0.15, -0.1) is 0 Å². The molecule has 3 nitrogen and oxygen atoms in total. The van der Waals surface area contributed by atoms with Crippen LogP contribution in [0.15, 0.2) is 4.47 Å². The van der Waals surface area contributed by atoms with Crippen molar-refractivity contribution in [3.05, 3.63) is 16.0 Å². The van der Waals surface area contributed by atoms with Gasteiger partial charge in [0.2, 0.25) is 0 Å². The number of nitrogens with one attached hydrogen (secondary N) is 1. The number of anilines is 1. The summed E-state index contributed by atoms with van der Waals surface area (Å²) in [6.07, 6.45) is 7.08. The first-order valence-corrected chi connectivity index (χ1v) is 8.50. The quantitative estimate of drug-likeness (QED) is 0.846. The molecule has 1 aliphatic carbocycles. The minimum absolute atomic E-state index is 0.490. The molecule has 1 heterocycles. The van der Waals surface area contributed by atoms with Gasteiger partial charge in [0.05, 0.1) is 10.2 Å². The molecule has 0 amide bonds. The molecule has 1 aromatic rings. The van der Waals surface area contributed by atoms with Gasteiger partial charge in [0.25, 0.3) is 0 Å². The monoisotopic (exact) mass is 339 g/mol. The lowest BCUT2D eigenvalue weighted by molar-refractivity contribution is 0.220. The first-order chi connectivity index (χ1) is 9.46. The van der Waals surface area contributed by atoms with Crippen molar-refractivity contribution < 1.29 is 0 Å². The molecule has 1 aliphatic rings.